The molecule has 1 amide bonds. The SMILES string of the molecule is C=CCC1(NC(=O)O)CCC(c2ccc3c(c2)CCc2nc(-c4onc(-c5ccccc5)c4C(F)(F)F)sc2-3)C1. The second-order valence-electron chi connectivity index (χ2n) is 10.5. The van der Waals surface area contributed by atoms with Gasteiger partial charge in [-0.05, 0) is 61.1 Å². The largest absolute Gasteiger partial charge is 0.465 e. The first kappa shape index (κ1) is 26.3. The van der Waals surface area contributed by atoms with Crippen LogP contribution in [0.4, 0.5) is 18.0 Å². The predicted octanol–water partition coefficient (Wildman–Crippen LogP) is 8.10. The molecule has 2 aromatic heterocycles. The summed E-state index contributed by atoms with van der Waals surface area (Å²) in [5.74, 6) is -0.158. The summed E-state index contributed by atoms with van der Waals surface area (Å²) in [5.41, 5.74) is 2.62. The third-order valence-corrected chi connectivity index (χ3v) is 9.04. The summed E-state index contributed by atoms with van der Waals surface area (Å²) in [7, 11) is 0. The molecule has 2 aliphatic rings. The first-order chi connectivity index (χ1) is 19.2. The maximum absolute atomic E-state index is 14.2. The molecule has 40 heavy (non-hydrogen) atoms. The van der Waals surface area contributed by atoms with Crippen molar-refractivity contribution < 1.29 is 27.6 Å². The Bertz CT molecular complexity index is 1590. The van der Waals surface area contributed by atoms with E-state index in [-0.39, 0.29) is 22.4 Å². The predicted molar refractivity (Wildman–Crippen MR) is 146 cm³/mol. The van der Waals surface area contributed by atoms with Crippen LogP contribution >= 0.6 is 11.3 Å². The van der Waals surface area contributed by atoms with Gasteiger partial charge in [0.25, 0.3) is 0 Å². The van der Waals surface area contributed by atoms with E-state index in [0.29, 0.717) is 24.8 Å². The molecule has 4 aromatic rings. The standard InChI is InChI=1S/C30H26F3N3O3S/c1-2-13-29(35-28(37)38)14-12-20(16-29)18-8-10-21-19(15-18)9-11-22-26(21)40-27(34-22)25-23(30(31,32)33)24(36-39-25)17-6-4-3-5-7-17/h2-8,10,15,20,35H,1,9,11-14,16H2,(H,37,38). The average Bonchev–Trinajstić information content (AvgIpc) is 3.65. The number of carboxylic acid groups (broad SMARTS) is 1. The molecule has 2 N–H and O–H groups in total. The van der Waals surface area contributed by atoms with E-state index >= 15 is 0 Å². The number of hydrogen-bond acceptors (Lipinski definition) is 5. The van der Waals surface area contributed by atoms with Crippen molar-refractivity contribution in [2.75, 3.05) is 0 Å². The van der Waals surface area contributed by atoms with Crippen molar-refractivity contribution in [3.8, 4) is 32.5 Å². The first-order valence-electron chi connectivity index (χ1n) is 13.0. The third-order valence-electron chi connectivity index (χ3n) is 7.91. The second-order valence-corrected chi connectivity index (χ2v) is 11.5. The number of carbonyl (C=O) groups is 1. The molecule has 0 radical (unpaired) electrons. The Morgan fingerprint density at radius 3 is 2.75 bits per heavy atom. The summed E-state index contributed by atoms with van der Waals surface area (Å²) in [6.07, 6.45) is 0.239. The van der Waals surface area contributed by atoms with Crippen molar-refractivity contribution in [3.05, 3.63) is 83.6 Å². The van der Waals surface area contributed by atoms with Gasteiger partial charge < -0.3 is 14.9 Å². The van der Waals surface area contributed by atoms with Gasteiger partial charge in [0.05, 0.1) is 10.6 Å². The lowest BCUT2D eigenvalue weighted by atomic mass is 9.86. The molecule has 2 heterocycles. The van der Waals surface area contributed by atoms with Gasteiger partial charge in [-0.15, -0.1) is 17.9 Å². The molecule has 6 rings (SSSR count). The first-order valence-corrected chi connectivity index (χ1v) is 13.9. The van der Waals surface area contributed by atoms with E-state index in [4.69, 9.17) is 4.52 Å². The molecule has 2 aliphatic carbocycles. The van der Waals surface area contributed by atoms with Crippen molar-refractivity contribution in [1.29, 1.82) is 0 Å². The minimum Gasteiger partial charge on any atom is -0.465 e. The van der Waals surface area contributed by atoms with Gasteiger partial charge in [0.1, 0.15) is 11.3 Å². The van der Waals surface area contributed by atoms with Crippen LogP contribution in [0.3, 0.4) is 0 Å². The second kappa shape index (κ2) is 9.92. The Balaban J connectivity index is 1.32. The van der Waals surface area contributed by atoms with Crippen LogP contribution in [-0.4, -0.2) is 26.9 Å². The molecule has 10 heteroatoms. The zero-order valence-electron chi connectivity index (χ0n) is 21.4. The monoisotopic (exact) mass is 565 g/mol. The minimum absolute atomic E-state index is 0.161. The lowest BCUT2D eigenvalue weighted by Crippen LogP contribution is -2.45. The quantitative estimate of drug-likeness (QED) is 0.231. The summed E-state index contributed by atoms with van der Waals surface area (Å²) < 4.78 is 48.0. The molecule has 206 valence electrons. The molecule has 2 unspecified atom stereocenters. The van der Waals surface area contributed by atoms with E-state index in [1.54, 1.807) is 36.4 Å². The molecule has 1 saturated carbocycles. The Labute approximate surface area is 232 Å². The Kier molecular flexibility index (Phi) is 6.53. The molecule has 2 aromatic carbocycles. The van der Waals surface area contributed by atoms with Crippen LogP contribution in [0.25, 0.3) is 32.5 Å². The van der Waals surface area contributed by atoms with Crippen LogP contribution in [0.1, 0.15) is 54.0 Å². The molecular weight excluding hydrogens is 539 g/mol. The molecule has 0 aliphatic heterocycles. The summed E-state index contributed by atoms with van der Waals surface area (Å²) in [6, 6.07) is 14.4. The smallest absolute Gasteiger partial charge is 0.422 e. The number of nitrogens with one attached hydrogen (secondary N) is 1. The number of halogens is 3. The fraction of sp³-hybridized carbons (Fsp3) is 0.300. The highest BCUT2D eigenvalue weighted by Crippen LogP contribution is 2.48. The van der Waals surface area contributed by atoms with Crippen molar-refractivity contribution in [2.24, 2.45) is 0 Å². The number of thiazole rings is 1. The van der Waals surface area contributed by atoms with Crippen molar-refractivity contribution >= 4 is 17.4 Å². The van der Waals surface area contributed by atoms with Gasteiger partial charge in [-0.25, -0.2) is 9.78 Å². The molecular formula is C30H26F3N3O3S. The maximum atomic E-state index is 14.2. The van der Waals surface area contributed by atoms with E-state index < -0.39 is 23.4 Å². The van der Waals surface area contributed by atoms with E-state index in [1.807, 2.05) is 12.1 Å². The molecule has 0 spiro atoms. The highest BCUT2D eigenvalue weighted by Gasteiger charge is 2.43. The number of aromatic nitrogens is 2. The Morgan fingerprint density at radius 2 is 2.02 bits per heavy atom. The van der Waals surface area contributed by atoms with Gasteiger partial charge >= 0.3 is 12.3 Å². The number of benzene rings is 2. The zero-order valence-corrected chi connectivity index (χ0v) is 22.2. The van der Waals surface area contributed by atoms with Crippen LogP contribution in [0.2, 0.25) is 0 Å². The lowest BCUT2D eigenvalue weighted by molar-refractivity contribution is -0.136. The number of hydrogen-bond donors (Lipinski definition) is 2. The van der Waals surface area contributed by atoms with Gasteiger partial charge in [-0.1, -0.05) is 59.8 Å². The molecule has 2 atom stereocenters. The normalized spacial score (nSPS) is 20.1. The van der Waals surface area contributed by atoms with E-state index in [2.05, 4.69) is 28.1 Å². The van der Waals surface area contributed by atoms with E-state index in [1.165, 1.54) is 11.3 Å². The summed E-state index contributed by atoms with van der Waals surface area (Å²) in [4.78, 5) is 16.8. The highest BCUT2D eigenvalue weighted by atomic mass is 32.1. The number of nitrogens with zero attached hydrogens (tertiary/aromatic N) is 2. The van der Waals surface area contributed by atoms with Gasteiger partial charge in [-0.2, -0.15) is 13.2 Å². The number of alkyl halides is 3. The number of aryl methyl sites for hydroxylation is 2. The number of rotatable bonds is 6. The lowest BCUT2D eigenvalue weighted by Gasteiger charge is -2.28. The topological polar surface area (TPSA) is 88.2 Å². The Hall–Kier alpha value is -3.92. The maximum Gasteiger partial charge on any atom is 0.422 e. The van der Waals surface area contributed by atoms with Crippen LogP contribution in [0.5, 0.6) is 0 Å². The van der Waals surface area contributed by atoms with E-state index in [0.717, 1.165) is 46.5 Å². The van der Waals surface area contributed by atoms with Crippen LogP contribution in [0, 0.1) is 0 Å². The van der Waals surface area contributed by atoms with Gasteiger partial charge in [0.15, 0.2) is 5.01 Å². The fourth-order valence-corrected chi connectivity index (χ4v) is 7.29. The number of amides is 1. The third kappa shape index (κ3) is 4.70. The Morgan fingerprint density at radius 1 is 1.23 bits per heavy atom. The van der Waals surface area contributed by atoms with Crippen molar-refractivity contribution in [3.63, 3.8) is 0 Å². The molecule has 6 nitrogen and oxygen atoms in total. The number of fused-ring (bicyclic) bond motifs is 3. The van der Waals surface area contributed by atoms with Crippen molar-refractivity contribution in [1.82, 2.24) is 15.5 Å². The summed E-state index contributed by atoms with van der Waals surface area (Å²) in [5, 5.41) is 16.0. The molecule has 0 bridgehead atoms. The molecule has 1 fully saturated rings. The minimum atomic E-state index is -4.67. The average molecular weight is 566 g/mol. The van der Waals surface area contributed by atoms with Gasteiger partial charge in [-0.3, -0.25) is 0 Å². The zero-order chi connectivity index (χ0) is 28.1. The summed E-state index contributed by atoms with van der Waals surface area (Å²) in [6.45, 7) is 3.80. The van der Waals surface area contributed by atoms with Crippen LogP contribution in [0.15, 0.2) is 65.7 Å². The van der Waals surface area contributed by atoms with E-state index in [9.17, 15) is 23.1 Å². The van der Waals surface area contributed by atoms with Crippen LogP contribution in [-0.2, 0) is 19.0 Å². The molecule has 0 saturated heterocycles. The van der Waals surface area contributed by atoms with Crippen molar-refractivity contribution in [2.45, 2.75) is 56.2 Å². The fourth-order valence-electron chi connectivity index (χ4n) is 6.13. The van der Waals surface area contributed by atoms with Gasteiger partial charge in [0, 0.05) is 11.1 Å². The van der Waals surface area contributed by atoms with Crippen LogP contribution < -0.4 is 5.32 Å². The summed E-state index contributed by atoms with van der Waals surface area (Å²) >= 11 is 1.19. The highest BCUT2D eigenvalue weighted by molar-refractivity contribution is 7.18. The van der Waals surface area contributed by atoms with Gasteiger partial charge in [0.2, 0.25) is 5.76 Å².